The van der Waals surface area contributed by atoms with Crippen molar-refractivity contribution >= 4 is 38.9 Å². The van der Waals surface area contributed by atoms with Crippen LogP contribution in [-0.4, -0.2) is 46.8 Å². The molecule has 2 N–H and O–H groups in total. The first-order valence-electron chi connectivity index (χ1n) is 8.04. The fraction of sp³-hybridized carbons (Fsp3) is 0.167. The number of hydrogen-bond donors (Lipinski definition) is 2. The van der Waals surface area contributed by atoms with Gasteiger partial charge in [-0.1, -0.05) is 12.1 Å². The Morgan fingerprint density at radius 3 is 2.26 bits per heavy atom. The van der Waals surface area contributed by atoms with E-state index in [1.54, 1.807) is 43.6 Å². The van der Waals surface area contributed by atoms with Crippen molar-refractivity contribution in [3.63, 3.8) is 0 Å². The molecule has 140 valence electrons. The van der Waals surface area contributed by atoms with Gasteiger partial charge in [0, 0.05) is 28.8 Å². The average molecular weight is 386 g/mol. The van der Waals surface area contributed by atoms with Gasteiger partial charge in [-0.2, -0.15) is 4.36 Å². The number of benzene rings is 2. The Morgan fingerprint density at radius 1 is 1.04 bits per heavy atom. The van der Waals surface area contributed by atoms with E-state index in [0.717, 1.165) is 0 Å². The molecule has 3 rings (SSSR count). The SMILES string of the molecule is COc1cc2nccc(N=S(C)(=O)c3ccc(B(O)O)cc3)c2cc1OC. The van der Waals surface area contributed by atoms with Crippen LogP contribution in [0, 0.1) is 0 Å². The van der Waals surface area contributed by atoms with Crippen LogP contribution in [0.25, 0.3) is 10.9 Å². The third-order valence-electron chi connectivity index (χ3n) is 4.11. The number of methoxy groups -OCH3 is 2. The molecule has 3 aromatic rings. The van der Waals surface area contributed by atoms with E-state index in [2.05, 4.69) is 9.35 Å². The van der Waals surface area contributed by atoms with Crippen LogP contribution < -0.4 is 14.9 Å². The average Bonchev–Trinajstić information content (AvgIpc) is 2.67. The highest BCUT2D eigenvalue weighted by Gasteiger charge is 2.14. The molecule has 0 amide bonds. The molecule has 0 fully saturated rings. The molecule has 2 aromatic carbocycles. The van der Waals surface area contributed by atoms with Gasteiger partial charge in [0.25, 0.3) is 0 Å². The number of nitrogens with zero attached hydrogens (tertiary/aromatic N) is 2. The first-order valence-corrected chi connectivity index (χ1v) is 9.97. The van der Waals surface area contributed by atoms with Gasteiger partial charge in [-0.25, -0.2) is 4.21 Å². The fourth-order valence-electron chi connectivity index (χ4n) is 2.67. The summed E-state index contributed by atoms with van der Waals surface area (Å²) in [5.74, 6) is 1.07. The van der Waals surface area contributed by atoms with Crippen molar-refractivity contribution in [3.8, 4) is 11.5 Å². The van der Waals surface area contributed by atoms with Crippen LogP contribution in [0.1, 0.15) is 0 Å². The first kappa shape index (κ1) is 19.2. The Kier molecular flexibility index (Phi) is 5.36. The minimum atomic E-state index is -2.77. The predicted molar refractivity (Wildman–Crippen MR) is 106 cm³/mol. The molecule has 1 aromatic heterocycles. The maximum Gasteiger partial charge on any atom is 0.488 e. The van der Waals surface area contributed by atoms with Gasteiger partial charge >= 0.3 is 7.12 Å². The highest BCUT2D eigenvalue weighted by molar-refractivity contribution is 7.93. The molecule has 0 saturated carbocycles. The molecule has 1 heterocycles. The fourth-order valence-corrected chi connectivity index (χ4v) is 3.95. The number of pyridine rings is 1. The van der Waals surface area contributed by atoms with Gasteiger partial charge in [0.2, 0.25) is 0 Å². The lowest BCUT2D eigenvalue weighted by molar-refractivity contribution is 0.356. The maximum atomic E-state index is 13.2. The minimum absolute atomic E-state index is 0.320. The first-order chi connectivity index (χ1) is 12.9. The monoisotopic (exact) mass is 386 g/mol. The second-order valence-electron chi connectivity index (χ2n) is 5.89. The largest absolute Gasteiger partial charge is 0.493 e. The third-order valence-corrected chi connectivity index (χ3v) is 5.80. The van der Waals surface area contributed by atoms with Gasteiger partial charge in [-0.15, -0.1) is 0 Å². The van der Waals surface area contributed by atoms with Crippen LogP contribution in [0.4, 0.5) is 5.69 Å². The molecule has 9 heteroatoms. The molecular formula is C18H19BN2O5S. The Balaban J connectivity index is 2.14. The molecule has 0 bridgehead atoms. The summed E-state index contributed by atoms with van der Waals surface area (Å²) in [6, 6.07) is 11.3. The van der Waals surface area contributed by atoms with Crippen molar-refractivity contribution < 1.29 is 23.7 Å². The van der Waals surface area contributed by atoms with Crippen molar-refractivity contribution in [2.24, 2.45) is 4.36 Å². The van der Waals surface area contributed by atoms with Crippen LogP contribution in [0.15, 0.2) is 57.9 Å². The Morgan fingerprint density at radius 2 is 1.67 bits per heavy atom. The maximum absolute atomic E-state index is 13.2. The summed E-state index contributed by atoms with van der Waals surface area (Å²) >= 11 is 0. The zero-order valence-electron chi connectivity index (χ0n) is 15.1. The van der Waals surface area contributed by atoms with Crippen molar-refractivity contribution in [1.82, 2.24) is 4.98 Å². The molecule has 0 aliphatic heterocycles. The van der Waals surface area contributed by atoms with E-state index in [9.17, 15) is 14.3 Å². The number of fused-ring (bicyclic) bond motifs is 1. The summed E-state index contributed by atoms with van der Waals surface area (Å²) in [6.07, 6.45) is 3.12. The molecule has 0 aliphatic carbocycles. The summed E-state index contributed by atoms with van der Waals surface area (Å²) in [5.41, 5.74) is 1.47. The summed E-state index contributed by atoms with van der Waals surface area (Å²) in [5, 5.41) is 19.1. The zero-order valence-corrected chi connectivity index (χ0v) is 15.9. The second-order valence-corrected chi connectivity index (χ2v) is 8.15. The molecule has 0 saturated heterocycles. The van der Waals surface area contributed by atoms with Crippen molar-refractivity contribution in [1.29, 1.82) is 0 Å². The van der Waals surface area contributed by atoms with Gasteiger partial charge in [-0.3, -0.25) is 4.98 Å². The van der Waals surface area contributed by atoms with Gasteiger partial charge in [-0.05, 0) is 29.7 Å². The van der Waals surface area contributed by atoms with E-state index in [0.29, 0.717) is 38.4 Å². The summed E-state index contributed by atoms with van der Waals surface area (Å²) < 4.78 is 28.3. The van der Waals surface area contributed by atoms with Gasteiger partial charge in [0.05, 0.1) is 35.2 Å². The molecular weight excluding hydrogens is 367 g/mol. The summed E-state index contributed by atoms with van der Waals surface area (Å²) in [4.78, 5) is 4.80. The van der Waals surface area contributed by atoms with Crippen LogP contribution >= 0.6 is 0 Å². The summed E-state index contributed by atoms with van der Waals surface area (Å²) in [6.45, 7) is 0. The number of aromatic nitrogens is 1. The predicted octanol–water partition coefficient (Wildman–Crippen LogP) is 1.72. The molecule has 27 heavy (non-hydrogen) atoms. The molecule has 0 radical (unpaired) electrons. The highest BCUT2D eigenvalue weighted by Crippen LogP contribution is 2.36. The van der Waals surface area contributed by atoms with Gasteiger partial charge in [0.15, 0.2) is 11.5 Å². The second kappa shape index (κ2) is 7.55. The van der Waals surface area contributed by atoms with E-state index in [1.807, 2.05) is 0 Å². The van der Waals surface area contributed by atoms with Crippen LogP contribution in [0.2, 0.25) is 0 Å². The smallest absolute Gasteiger partial charge is 0.488 e. The van der Waals surface area contributed by atoms with Crippen LogP contribution in [-0.2, 0) is 9.73 Å². The quantitative estimate of drug-likeness (QED) is 0.648. The van der Waals surface area contributed by atoms with Crippen LogP contribution in [0.3, 0.4) is 0 Å². The van der Waals surface area contributed by atoms with E-state index in [4.69, 9.17) is 9.47 Å². The lowest BCUT2D eigenvalue weighted by atomic mass is 9.81. The van der Waals surface area contributed by atoms with Crippen molar-refractivity contribution in [2.45, 2.75) is 4.90 Å². The molecule has 7 nitrogen and oxygen atoms in total. The molecule has 1 unspecified atom stereocenters. The molecule has 1 atom stereocenters. The minimum Gasteiger partial charge on any atom is -0.493 e. The number of rotatable bonds is 5. The van der Waals surface area contributed by atoms with Crippen LogP contribution in [0.5, 0.6) is 11.5 Å². The van der Waals surface area contributed by atoms with Gasteiger partial charge < -0.3 is 19.5 Å². The molecule has 0 spiro atoms. The Labute approximate surface area is 157 Å². The third kappa shape index (κ3) is 3.90. The van der Waals surface area contributed by atoms with Gasteiger partial charge in [0.1, 0.15) is 0 Å². The Bertz CT molecular complexity index is 1090. The zero-order chi connectivity index (χ0) is 19.6. The lowest BCUT2D eigenvalue weighted by Crippen LogP contribution is -2.29. The van der Waals surface area contributed by atoms with E-state index >= 15 is 0 Å². The standard InChI is InChI=1S/C18H19BN2O5S/c1-25-17-10-14-15(8-9-20-16(14)11-18(17)26-2)21-27(3,24)13-6-4-12(5-7-13)19(22)23/h4-11,22-23H,1-3H3. The molecule has 0 aliphatic rings. The normalized spacial score (nSPS) is 13.1. The number of hydrogen-bond acceptors (Lipinski definition) is 7. The van der Waals surface area contributed by atoms with E-state index in [-0.39, 0.29) is 0 Å². The van der Waals surface area contributed by atoms with Crippen molar-refractivity contribution in [2.75, 3.05) is 20.5 Å². The topological polar surface area (TPSA) is 101 Å². The van der Waals surface area contributed by atoms with Crippen molar-refractivity contribution in [3.05, 3.63) is 48.7 Å². The van der Waals surface area contributed by atoms with E-state index < -0.39 is 16.8 Å². The highest BCUT2D eigenvalue weighted by atomic mass is 32.2. The lowest BCUT2D eigenvalue weighted by Gasteiger charge is -2.11. The number of ether oxygens (including phenoxy) is 2. The summed E-state index contributed by atoms with van der Waals surface area (Å²) in [7, 11) is -1.26. The Hall–Kier alpha value is -2.62. The van der Waals surface area contributed by atoms with E-state index in [1.165, 1.54) is 25.5 Å².